The van der Waals surface area contributed by atoms with E-state index in [0.717, 1.165) is 25.1 Å². The van der Waals surface area contributed by atoms with Crippen molar-refractivity contribution in [3.05, 3.63) is 40.9 Å². The van der Waals surface area contributed by atoms with E-state index in [4.69, 9.17) is 16.3 Å². The van der Waals surface area contributed by atoms with E-state index in [-0.39, 0.29) is 23.9 Å². The molecule has 0 saturated carbocycles. The zero-order valence-electron chi connectivity index (χ0n) is 13.1. The molecule has 0 spiro atoms. The van der Waals surface area contributed by atoms with Crippen LogP contribution in [-0.2, 0) is 4.74 Å². The summed E-state index contributed by atoms with van der Waals surface area (Å²) < 4.78 is 7.21. The molecule has 0 aliphatic carbocycles. The van der Waals surface area contributed by atoms with E-state index < -0.39 is 0 Å². The van der Waals surface area contributed by atoms with E-state index in [1.165, 1.54) is 0 Å². The smallest absolute Gasteiger partial charge is 0.291 e. The minimum absolute atomic E-state index is 0.0622. The van der Waals surface area contributed by atoms with E-state index in [1.807, 2.05) is 26.0 Å². The molecule has 1 aliphatic rings. The Morgan fingerprint density at radius 3 is 2.83 bits per heavy atom. The van der Waals surface area contributed by atoms with Crippen LogP contribution in [0.5, 0.6) is 0 Å². The zero-order valence-corrected chi connectivity index (χ0v) is 13.9. The number of benzene rings is 1. The van der Waals surface area contributed by atoms with Crippen LogP contribution in [0.4, 0.5) is 0 Å². The lowest BCUT2D eigenvalue weighted by atomic mass is 10.1. The first-order valence-corrected chi connectivity index (χ1v) is 8.04. The van der Waals surface area contributed by atoms with Gasteiger partial charge in [0.2, 0.25) is 5.82 Å². The van der Waals surface area contributed by atoms with E-state index in [0.29, 0.717) is 10.8 Å². The fraction of sp³-hybridized carbons (Fsp3) is 0.438. The third kappa shape index (κ3) is 3.54. The summed E-state index contributed by atoms with van der Waals surface area (Å²) in [5.41, 5.74) is 0.811. The van der Waals surface area contributed by atoms with Gasteiger partial charge in [-0.25, -0.2) is 9.67 Å². The van der Waals surface area contributed by atoms with Gasteiger partial charge in [-0.15, -0.1) is 5.10 Å². The van der Waals surface area contributed by atoms with Crippen LogP contribution in [0.2, 0.25) is 5.02 Å². The summed E-state index contributed by atoms with van der Waals surface area (Å²) in [5, 5.41) is 7.86. The Hall–Kier alpha value is -1.92. The molecule has 7 heteroatoms. The van der Waals surface area contributed by atoms with E-state index in [1.54, 1.807) is 16.8 Å². The van der Waals surface area contributed by atoms with Crippen LogP contribution in [-0.4, -0.2) is 39.4 Å². The van der Waals surface area contributed by atoms with Crippen LogP contribution < -0.4 is 5.32 Å². The number of carbonyl (C=O) groups is 1. The highest BCUT2D eigenvalue weighted by atomic mass is 35.5. The number of nitrogens with zero attached hydrogens (tertiary/aromatic N) is 3. The molecule has 6 nitrogen and oxygen atoms in total. The average Bonchev–Trinajstić information content (AvgIpc) is 3.17. The quantitative estimate of drug-likeness (QED) is 0.932. The maximum absolute atomic E-state index is 12.3. The lowest BCUT2D eigenvalue weighted by Crippen LogP contribution is -2.41. The number of nitrogens with one attached hydrogen (secondary N) is 1. The summed E-state index contributed by atoms with van der Waals surface area (Å²) in [7, 11) is 0. The van der Waals surface area contributed by atoms with Gasteiger partial charge in [0, 0.05) is 11.6 Å². The Labute approximate surface area is 139 Å². The van der Waals surface area contributed by atoms with Crippen molar-refractivity contribution in [1.82, 2.24) is 20.1 Å². The molecule has 1 N–H and O–H groups in total. The minimum atomic E-state index is -0.288. The monoisotopic (exact) mass is 334 g/mol. The highest BCUT2D eigenvalue weighted by Crippen LogP contribution is 2.16. The zero-order chi connectivity index (χ0) is 16.4. The number of ether oxygens (including phenoxy) is 1. The van der Waals surface area contributed by atoms with Crippen LogP contribution in [0.25, 0.3) is 5.69 Å². The largest absolute Gasteiger partial charge is 0.376 e. The molecule has 2 unspecified atom stereocenters. The number of carbonyl (C=O) groups excluding carboxylic acids is 1. The van der Waals surface area contributed by atoms with Crippen molar-refractivity contribution >= 4 is 17.5 Å². The SMILES string of the molecule is Cc1nc(C(=O)NC(C)C2CCCO2)nn1-c1ccc(Cl)cc1. The number of halogens is 1. The molecule has 2 heterocycles. The van der Waals surface area contributed by atoms with Crippen LogP contribution >= 0.6 is 11.6 Å². The predicted octanol–water partition coefficient (Wildman–Crippen LogP) is 2.53. The fourth-order valence-electron chi connectivity index (χ4n) is 2.67. The van der Waals surface area contributed by atoms with Gasteiger partial charge in [0.15, 0.2) is 0 Å². The van der Waals surface area contributed by atoms with Gasteiger partial charge in [0.05, 0.1) is 17.8 Å². The summed E-state index contributed by atoms with van der Waals surface area (Å²) in [6, 6.07) is 7.16. The summed E-state index contributed by atoms with van der Waals surface area (Å²) in [6.45, 7) is 4.51. The Balaban J connectivity index is 1.74. The molecule has 0 radical (unpaired) electrons. The fourth-order valence-corrected chi connectivity index (χ4v) is 2.80. The van der Waals surface area contributed by atoms with Gasteiger partial charge in [-0.05, 0) is 51.0 Å². The van der Waals surface area contributed by atoms with Crippen LogP contribution in [0.1, 0.15) is 36.2 Å². The maximum atomic E-state index is 12.3. The van der Waals surface area contributed by atoms with E-state index in [2.05, 4.69) is 15.4 Å². The number of aromatic nitrogens is 3. The Morgan fingerprint density at radius 1 is 1.43 bits per heavy atom. The van der Waals surface area contributed by atoms with Gasteiger partial charge in [-0.3, -0.25) is 4.79 Å². The standard InChI is InChI=1S/C16H19ClN4O2/c1-10(14-4-3-9-23-14)18-16(22)15-19-11(2)21(20-15)13-7-5-12(17)6-8-13/h5-8,10,14H,3-4,9H2,1-2H3,(H,18,22). The molecule has 2 atom stereocenters. The van der Waals surface area contributed by atoms with Gasteiger partial charge in [-0.1, -0.05) is 11.6 Å². The van der Waals surface area contributed by atoms with Crippen molar-refractivity contribution in [3.8, 4) is 5.69 Å². The van der Waals surface area contributed by atoms with Gasteiger partial charge in [0.1, 0.15) is 5.82 Å². The lowest BCUT2D eigenvalue weighted by Gasteiger charge is -2.18. The molecule has 3 rings (SSSR count). The van der Waals surface area contributed by atoms with Crippen molar-refractivity contribution in [2.45, 2.75) is 38.8 Å². The molecule has 1 aliphatic heterocycles. The van der Waals surface area contributed by atoms with Gasteiger partial charge >= 0.3 is 0 Å². The second-order valence-electron chi connectivity index (χ2n) is 5.68. The molecule has 2 aromatic rings. The normalized spacial score (nSPS) is 18.8. The van der Waals surface area contributed by atoms with E-state index >= 15 is 0 Å². The molecule has 1 saturated heterocycles. The van der Waals surface area contributed by atoms with Gasteiger partial charge in [0.25, 0.3) is 5.91 Å². The summed E-state index contributed by atoms with van der Waals surface area (Å²) in [4.78, 5) is 16.6. The lowest BCUT2D eigenvalue weighted by molar-refractivity contribution is 0.0706. The van der Waals surface area contributed by atoms with Gasteiger partial charge in [-0.2, -0.15) is 0 Å². The van der Waals surface area contributed by atoms with Crippen LogP contribution in [0.15, 0.2) is 24.3 Å². The summed E-state index contributed by atoms with van der Waals surface area (Å²) in [5.74, 6) is 0.508. The minimum Gasteiger partial charge on any atom is -0.376 e. The molecular weight excluding hydrogens is 316 g/mol. The second kappa shape index (κ2) is 6.68. The topological polar surface area (TPSA) is 69.0 Å². The molecule has 1 aromatic heterocycles. The highest BCUT2D eigenvalue weighted by molar-refractivity contribution is 6.30. The summed E-state index contributed by atoms with van der Waals surface area (Å²) in [6.07, 6.45) is 2.07. The second-order valence-corrected chi connectivity index (χ2v) is 6.12. The maximum Gasteiger partial charge on any atom is 0.291 e. The van der Waals surface area contributed by atoms with E-state index in [9.17, 15) is 4.79 Å². The molecule has 1 fully saturated rings. The average molecular weight is 335 g/mol. The first-order chi connectivity index (χ1) is 11.0. The Morgan fingerprint density at radius 2 is 2.17 bits per heavy atom. The molecule has 0 bridgehead atoms. The molecule has 1 amide bonds. The van der Waals surface area contributed by atoms with Gasteiger partial charge < -0.3 is 10.1 Å². The third-order valence-corrected chi connectivity index (χ3v) is 4.18. The first-order valence-electron chi connectivity index (χ1n) is 7.66. The molecule has 1 aromatic carbocycles. The number of hydrogen-bond acceptors (Lipinski definition) is 4. The summed E-state index contributed by atoms with van der Waals surface area (Å²) >= 11 is 5.89. The van der Waals surface area contributed by atoms with Crippen molar-refractivity contribution < 1.29 is 9.53 Å². The van der Waals surface area contributed by atoms with Crippen molar-refractivity contribution in [3.63, 3.8) is 0 Å². The van der Waals surface area contributed by atoms with Crippen molar-refractivity contribution in [1.29, 1.82) is 0 Å². The number of hydrogen-bond donors (Lipinski definition) is 1. The highest BCUT2D eigenvalue weighted by Gasteiger charge is 2.25. The predicted molar refractivity (Wildman–Crippen MR) is 87.0 cm³/mol. The first kappa shape index (κ1) is 16.0. The number of rotatable bonds is 4. The Kier molecular flexibility index (Phi) is 4.63. The molecular formula is C16H19ClN4O2. The Bertz CT molecular complexity index is 693. The van der Waals surface area contributed by atoms with Crippen LogP contribution in [0.3, 0.4) is 0 Å². The van der Waals surface area contributed by atoms with Crippen LogP contribution in [0, 0.1) is 6.92 Å². The third-order valence-electron chi connectivity index (χ3n) is 3.92. The number of amides is 1. The number of aryl methyl sites for hydroxylation is 1. The van der Waals surface area contributed by atoms with Crippen molar-refractivity contribution in [2.75, 3.05) is 6.61 Å². The molecule has 122 valence electrons. The molecule has 23 heavy (non-hydrogen) atoms. The van der Waals surface area contributed by atoms with Crippen molar-refractivity contribution in [2.24, 2.45) is 0 Å².